The number of nitrogen functional groups attached to an aromatic ring is 1. The van der Waals surface area contributed by atoms with Crippen LogP contribution in [0.2, 0.25) is 0 Å². The third kappa shape index (κ3) is 5.19. The molecule has 0 aliphatic carbocycles. The zero-order valence-corrected chi connectivity index (χ0v) is 11.3. The van der Waals surface area contributed by atoms with Crippen LogP contribution in [0.25, 0.3) is 0 Å². The van der Waals surface area contributed by atoms with Crippen molar-refractivity contribution < 1.29 is 4.79 Å². The van der Waals surface area contributed by atoms with Crippen LogP contribution in [-0.4, -0.2) is 37.5 Å². The van der Waals surface area contributed by atoms with E-state index < -0.39 is 0 Å². The maximum atomic E-state index is 11.6. The molecule has 0 bridgehead atoms. The number of benzene rings is 1. The molecule has 0 heterocycles. The minimum atomic E-state index is 0.0859. The van der Waals surface area contributed by atoms with Gasteiger partial charge in [-0.3, -0.25) is 4.79 Å². The van der Waals surface area contributed by atoms with Crippen LogP contribution in [0.4, 0.5) is 5.69 Å². The lowest BCUT2D eigenvalue weighted by Gasteiger charge is -2.14. The van der Waals surface area contributed by atoms with Gasteiger partial charge in [-0.2, -0.15) is 0 Å². The molecule has 4 heteroatoms. The van der Waals surface area contributed by atoms with E-state index in [-0.39, 0.29) is 5.91 Å². The summed E-state index contributed by atoms with van der Waals surface area (Å²) in [5, 5.41) is 2.92. The normalized spacial score (nSPS) is 10.6. The summed E-state index contributed by atoms with van der Waals surface area (Å²) in [6.07, 6.45) is 1.19. The number of carbonyl (C=O) groups is 1. The Morgan fingerprint density at radius 3 is 2.78 bits per heavy atom. The summed E-state index contributed by atoms with van der Waals surface area (Å²) in [5.74, 6) is 0.0859. The molecule has 0 unspecified atom stereocenters. The first-order valence-corrected chi connectivity index (χ1v) is 6.42. The summed E-state index contributed by atoms with van der Waals surface area (Å²) in [4.78, 5) is 13.8. The molecule has 100 valence electrons. The molecule has 4 nitrogen and oxygen atoms in total. The van der Waals surface area contributed by atoms with Crippen molar-refractivity contribution in [1.82, 2.24) is 10.2 Å². The fourth-order valence-corrected chi connectivity index (χ4v) is 1.64. The second kappa shape index (κ2) is 7.71. The Labute approximate surface area is 109 Å². The Bertz CT molecular complexity index is 379. The average molecular weight is 249 g/mol. The number of nitrogens with zero attached hydrogens (tertiary/aromatic N) is 1. The largest absolute Gasteiger partial charge is 0.399 e. The number of anilines is 1. The molecule has 3 N–H and O–H groups in total. The molecule has 0 aromatic heterocycles. The van der Waals surface area contributed by atoms with Crippen molar-refractivity contribution in [2.24, 2.45) is 0 Å². The molecule has 0 saturated carbocycles. The van der Waals surface area contributed by atoms with E-state index in [1.807, 2.05) is 31.3 Å². The third-order valence-electron chi connectivity index (χ3n) is 3.03. The fourth-order valence-electron chi connectivity index (χ4n) is 1.64. The first-order chi connectivity index (χ1) is 8.63. The molecular formula is C14H23N3O. The molecule has 1 rings (SSSR count). The number of para-hydroxylation sites is 1. The predicted octanol–water partition coefficient (Wildman–Crippen LogP) is 1.27. The molecule has 1 aromatic carbocycles. The summed E-state index contributed by atoms with van der Waals surface area (Å²) in [6.45, 7) is 4.68. The number of nitrogens with one attached hydrogen (secondary N) is 1. The molecule has 0 spiro atoms. The lowest BCUT2D eigenvalue weighted by molar-refractivity contribution is -0.121. The summed E-state index contributed by atoms with van der Waals surface area (Å²) < 4.78 is 0. The number of amides is 1. The maximum Gasteiger partial charge on any atom is 0.220 e. The van der Waals surface area contributed by atoms with Crippen LogP contribution >= 0.6 is 0 Å². The minimum Gasteiger partial charge on any atom is -0.399 e. The molecule has 1 amide bonds. The van der Waals surface area contributed by atoms with Gasteiger partial charge in [0.25, 0.3) is 0 Å². The van der Waals surface area contributed by atoms with Gasteiger partial charge in [0, 0.05) is 25.2 Å². The van der Waals surface area contributed by atoms with Crippen molar-refractivity contribution in [2.75, 3.05) is 32.4 Å². The van der Waals surface area contributed by atoms with E-state index in [0.29, 0.717) is 19.4 Å². The number of likely N-dealkylation sites (N-methyl/N-ethyl adjacent to an activating group) is 1. The van der Waals surface area contributed by atoms with Crippen LogP contribution in [0.1, 0.15) is 18.9 Å². The molecule has 0 fully saturated rings. The van der Waals surface area contributed by atoms with E-state index in [1.165, 1.54) is 0 Å². The highest BCUT2D eigenvalue weighted by atomic mass is 16.1. The molecule has 0 aliphatic heterocycles. The Morgan fingerprint density at radius 1 is 1.39 bits per heavy atom. The smallest absolute Gasteiger partial charge is 0.220 e. The van der Waals surface area contributed by atoms with Crippen molar-refractivity contribution >= 4 is 11.6 Å². The molecule has 18 heavy (non-hydrogen) atoms. The van der Waals surface area contributed by atoms with Crippen LogP contribution in [0, 0.1) is 0 Å². The number of carbonyl (C=O) groups excluding carboxylic acids is 1. The zero-order valence-electron chi connectivity index (χ0n) is 11.3. The molecular weight excluding hydrogens is 226 g/mol. The second-order valence-corrected chi connectivity index (χ2v) is 4.44. The zero-order chi connectivity index (χ0) is 13.4. The first-order valence-electron chi connectivity index (χ1n) is 6.42. The van der Waals surface area contributed by atoms with Crippen LogP contribution in [0.3, 0.4) is 0 Å². The van der Waals surface area contributed by atoms with Crippen LogP contribution in [0.5, 0.6) is 0 Å². The van der Waals surface area contributed by atoms with E-state index >= 15 is 0 Å². The maximum absolute atomic E-state index is 11.6. The van der Waals surface area contributed by atoms with E-state index in [9.17, 15) is 4.79 Å². The first kappa shape index (κ1) is 14.5. The van der Waals surface area contributed by atoms with Crippen LogP contribution in [0.15, 0.2) is 24.3 Å². The van der Waals surface area contributed by atoms with Crippen molar-refractivity contribution in [1.29, 1.82) is 0 Å². The monoisotopic (exact) mass is 249 g/mol. The Kier molecular flexibility index (Phi) is 6.22. The number of hydrogen-bond donors (Lipinski definition) is 2. The Hall–Kier alpha value is -1.55. The van der Waals surface area contributed by atoms with Gasteiger partial charge in [0.05, 0.1) is 0 Å². The lowest BCUT2D eigenvalue weighted by Crippen LogP contribution is -2.32. The minimum absolute atomic E-state index is 0.0859. The van der Waals surface area contributed by atoms with E-state index in [0.717, 1.165) is 24.3 Å². The summed E-state index contributed by atoms with van der Waals surface area (Å²) >= 11 is 0. The Balaban J connectivity index is 2.23. The van der Waals surface area contributed by atoms with Gasteiger partial charge in [0.15, 0.2) is 0 Å². The van der Waals surface area contributed by atoms with Crippen LogP contribution in [-0.2, 0) is 11.2 Å². The van der Waals surface area contributed by atoms with Gasteiger partial charge in [0.1, 0.15) is 0 Å². The van der Waals surface area contributed by atoms with E-state index in [2.05, 4.69) is 17.1 Å². The highest BCUT2D eigenvalue weighted by molar-refractivity contribution is 5.76. The van der Waals surface area contributed by atoms with Crippen molar-refractivity contribution in [2.45, 2.75) is 19.8 Å². The third-order valence-corrected chi connectivity index (χ3v) is 3.03. The van der Waals surface area contributed by atoms with Crippen molar-refractivity contribution in [3.8, 4) is 0 Å². The van der Waals surface area contributed by atoms with Gasteiger partial charge in [-0.05, 0) is 31.6 Å². The van der Waals surface area contributed by atoms with Gasteiger partial charge in [-0.15, -0.1) is 0 Å². The Morgan fingerprint density at radius 2 is 2.11 bits per heavy atom. The molecule has 0 aliphatic rings. The number of hydrogen-bond acceptors (Lipinski definition) is 3. The van der Waals surface area contributed by atoms with Crippen molar-refractivity contribution in [3.05, 3.63) is 29.8 Å². The highest BCUT2D eigenvalue weighted by Crippen LogP contribution is 2.12. The molecule has 0 atom stereocenters. The fraction of sp³-hybridized carbons (Fsp3) is 0.500. The SMILES string of the molecule is CCN(C)CCNC(=O)CCc1ccccc1N. The van der Waals surface area contributed by atoms with Gasteiger partial charge >= 0.3 is 0 Å². The summed E-state index contributed by atoms with van der Waals surface area (Å²) in [5.41, 5.74) is 7.63. The van der Waals surface area contributed by atoms with Gasteiger partial charge in [-0.1, -0.05) is 25.1 Å². The molecule has 0 radical (unpaired) electrons. The average Bonchev–Trinajstić information content (AvgIpc) is 2.37. The standard InChI is InChI=1S/C14H23N3O/c1-3-17(2)11-10-16-14(18)9-8-12-6-4-5-7-13(12)15/h4-7H,3,8-11,15H2,1-2H3,(H,16,18). The highest BCUT2D eigenvalue weighted by Gasteiger charge is 2.04. The van der Waals surface area contributed by atoms with Crippen molar-refractivity contribution in [3.63, 3.8) is 0 Å². The quantitative estimate of drug-likeness (QED) is 0.715. The van der Waals surface area contributed by atoms with Gasteiger partial charge in [-0.25, -0.2) is 0 Å². The number of rotatable bonds is 7. The topological polar surface area (TPSA) is 58.4 Å². The summed E-state index contributed by atoms with van der Waals surface area (Å²) in [7, 11) is 2.04. The van der Waals surface area contributed by atoms with Gasteiger partial charge in [0.2, 0.25) is 5.91 Å². The second-order valence-electron chi connectivity index (χ2n) is 4.44. The van der Waals surface area contributed by atoms with Gasteiger partial charge < -0.3 is 16.0 Å². The van der Waals surface area contributed by atoms with E-state index in [4.69, 9.17) is 5.73 Å². The number of nitrogens with two attached hydrogens (primary N) is 1. The summed E-state index contributed by atoms with van der Waals surface area (Å²) in [6, 6.07) is 7.68. The molecule has 0 saturated heterocycles. The number of aryl methyl sites for hydroxylation is 1. The van der Waals surface area contributed by atoms with E-state index in [1.54, 1.807) is 0 Å². The lowest BCUT2D eigenvalue weighted by atomic mass is 10.1. The predicted molar refractivity (Wildman–Crippen MR) is 75.4 cm³/mol. The van der Waals surface area contributed by atoms with Crippen LogP contribution < -0.4 is 11.1 Å². The molecule has 1 aromatic rings.